The molecule has 1 N–H and O–H groups in total. The lowest BCUT2D eigenvalue weighted by Crippen LogP contribution is -2.30. The highest BCUT2D eigenvalue weighted by Gasteiger charge is 2.16. The molecule has 0 saturated carbocycles. The van der Waals surface area contributed by atoms with Gasteiger partial charge >= 0.3 is 0 Å². The molecule has 0 saturated heterocycles. The molecular weight excluding hydrogens is 256 g/mol. The summed E-state index contributed by atoms with van der Waals surface area (Å²) in [6.07, 6.45) is 2.82. The van der Waals surface area contributed by atoms with Crippen molar-refractivity contribution in [3.8, 4) is 0 Å². The summed E-state index contributed by atoms with van der Waals surface area (Å²) in [5.41, 5.74) is 1.60. The van der Waals surface area contributed by atoms with Crippen LogP contribution in [0.1, 0.15) is 25.0 Å². The Hall–Kier alpha value is -2.37. The maximum Gasteiger partial charge on any atom is 0.269 e. The molecule has 0 amide bonds. The van der Waals surface area contributed by atoms with E-state index in [2.05, 4.69) is 10.1 Å². The molecule has 20 heavy (non-hydrogen) atoms. The number of fused-ring (bicyclic) bond motifs is 1. The van der Waals surface area contributed by atoms with Crippen LogP contribution < -0.4 is 10.5 Å². The second kappa shape index (κ2) is 5.73. The van der Waals surface area contributed by atoms with E-state index in [1.807, 2.05) is 31.7 Å². The topological polar surface area (TPSA) is 70.2 Å². The van der Waals surface area contributed by atoms with Crippen molar-refractivity contribution >= 4 is 17.7 Å². The minimum Gasteiger partial charge on any atom is -0.411 e. The number of aryl methyl sites for hydroxylation is 1. The Kier molecular flexibility index (Phi) is 4.02. The first-order valence-electron chi connectivity index (χ1n) is 6.58. The number of hydrogen-bond acceptors (Lipinski definition) is 5. The molecule has 2 rings (SSSR count). The van der Waals surface area contributed by atoms with Crippen LogP contribution >= 0.6 is 0 Å². The maximum atomic E-state index is 12.5. The van der Waals surface area contributed by atoms with Gasteiger partial charge in [-0.15, -0.1) is 0 Å². The molecule has 0 aliphatic rings. The number of rotatable bonds is 4. The molecule has 0 spiro atoms. The van der Waals surface area contributed by atoms with Gasteiger partial charge in [0.15, 0.2) is 0 Å². The van der Waals surface area contributed by atoms with E-state index in [1.54, 1.807) is 12.3 Å². The molecule has 6 nitrogen and oxygen atoms in total. The summed E-state index contributed by atoms with van der Waals surface area (Å²) in [5, 5.41) is 11.8. The summed E-state index contributed by atoms with van der Waals surface area (Å²) in [5.74, 6) is 0.548. The van der Waals surface area contributed by atoms with E-state index in [1.165, 1.54) is 4.40 Å². The van der Waals surface area contributed by atoms with E-state index < -0.39 is 0 Å². The first-order valence-corrected chi connectivity index (χ1v) is 6.58. The molecule has 6 heteroatoms. The Morgan fingerprint density at radius 3 is 2.75 bits per heavy atom. The fourth-order valence-corrected chi connectivity index (χ4v) is 2.24. The normalized spacial score (nSPS) is 11.3. The third-order valence-electron chi connectivity index (χ3n) is 3.31. The number of pyridine rings is 1. The smallest absolute Gasteiger partial charge is 0.269 e. The highest BCUT2D eigenvalue weighted by atomic mass is 16.4. The van der Waals surface area contributed by atoms with Gasteiger partial charge in [-0.2, -0.15) is 0 Å². The highest BCUT2D eigenvalue weighted by Crippen LogP contribution is 2.16. The van der Waals surface area contributed by atoms with Crippen LogP contribution in [0.4, 0.5) is 5.82 Å². The van der Waals surface area contributed by atoms with E-state index in [4.69, 9.17) is 5.21 Å². The number of nitrogens with zero attached hydrogens (tertiary/aromatic N) is 4. The number of anilines is 1. The van der Waals surface area contributed by atoms with Gasteiger partial charge in [0.1, 0.15) is 17.0 Å². The lowest BCUT2D eigenvalue weighted by atomic mass is 10.2. The summed E-state index contributed by atoms with van der Waals surface area (Å²) < 4.78 is 1.47. The van der Waals surface area contributed by atoms with Gasteiger partial charge in [-0.25, -0.2) is 4.98 Å². The lowest BCUT2D eigenvalue weighted by Gasteiger charge is -2.22. The number of aromatic nitrogens is 2. The summed E-state index contributed by atoms with van der Waals surface area (Å²) in [6.45, 7) is 7.33. The molecule has 0 aromatic carbocycles. The zero-order chi connectivity index (χ0) is 14.7. The van der Waals surface area contributed by atoms with Gasteiger partial charge in [-0.1, -0.05) is 11.2 Å². The van der Waals surface area contributed by atoms with Crippen LogP contribution in [-0.4, -0.2) is 33.9 Å². The Morgan fingerprint density at radius 1 is 1.45 bits per heavy atom. The van der Waals surface area contributed by atoms with Crippen LogP contribution in [0, 0.1) is 6.92 Å². The predicted molar refractivity (Wildman–Crippen MR) is 79.1 cm³/mol. The van der Waals surface area contributed by atoms with Crippen molar-refractivity contribution in [1.82, 2.24) is 9.38 Å². The fourth-order valence-electron chi connectivity index (χ4n) is 2.24. The summed E-state index contributed by atoms with van der Waals surface area (Å²) >= 11 is 0. The van der Waals surface area contributed by atoms with E-state index in [9.17, 15) is 4.79 Å². The van der Waals surface area contributed by atoms with Crippen molar-refractivity contribution in [1.29, 1.82) is 0 Å². The fraction of sp³-hybridized carbons (Fsp3) is 0.357. The second-order valence-electron chi connectivity index (χ2n) is 4.46. The molecule has 0 atom stereocenters. The van der Waals surface area contributed by atoms with Crippen molar-refractivity contribution in [3.05, 3.63) is 39.8 Å². The second-order valence-corrected chi connectivity index (χ2v) is 4.46. The average molecular weight is 274 g/mol. The third kappa shape index (κ3) is 2.24. The van der Waals surface area contributed by atoms with Gasteiger partial charge in [-0.05, 0) is 32.4 Å². The van der Waals surface area contributed by atoms with Crippen molar-refractivity contribution in [3.63, 3.8) is 0 Å². The van der Waals surface area contributed by atoms with Gasteiger partial charge in [-0.3, -0.25) is 9.20 Å². The summed E-state index contributed by atoms with van der Waals surface area (Å²) in [4.78, 5) is 19.1. The molecule has 2 aromatic rings. The molecule has 0 radical (unpaired) electrons. The molecule has 2 aromatic heterocycles. The molecular formula is C14H18N4O2. The standard InChI is InChI=1S/C14H18N4O2/c1-4-17(5-2)13-11(9-15-20)14(19)18-8-6-7-10(3)12(18)16-13/h6-9,20H,4-5H2,1-3H3/b15-9-. The van der Waals surface area contributed by atoms with Crippen molar-refractivity contribution in [2.75, 3.05) is 18.0 Å². The van der Waals surface area contributed by atoms with Crippen LogP contribution in [0.2, 0.25) is 0 Å². The van der Waals surface area contributed by atoms with E-state index in [0.29, 0.717) is 17.0 Å². The maximum absolute atomic E-state index is 12.5. The average Bonchev–Trinajstić information content (AvgIpc) is 2.45. The SMILES string of the molecule is CCN(CC)c1nc2c(C)cccn2c(=O)c1/C=N\O. The van der Waals surface area contributed by atoms with E-state index in [0.717, 1.165) is 24.9 Å². The Balaban J connectivity index is 2.87. The van der Waals surface area contributed by atoms with E-state index in [-0.39, 0.29) is 5.56 Å². The van der Waals surface area contributed by atoms with Crippen molar-refractivity contribution in [2.24, 2.45) is 5.16 Å². The quantitative estimate of drug-likeness (QED) is 0.523. The first kappa shape index (κ1) is 14.0. The zero-order valence-electron chi connectivity index (χ0n) is 11.9. The van der Waals surface area contributed by atoms with Gasteiger partial charge in [0, 0.05) is 19.3 Å². The Bertz CT molecular complexity index is 702. The minimum absolute atomic E-state index is 0.238. The Labute approximate surface area is 117 Å². The van der Waals surface area contributed by atoms with Crippen LogP contribution in [-0.2, 0) is 0 Å². The zero-order valence-corrected chi connectivity index (χ0v) is 11.9. The van der Waals surface area contributed by atoms with E-state index >= 15 is 0 Å². The summed E-state index contributed by atoms with van der Waals surface area (Å²) in [7, 11) is 0. The van der Waals surface area contributed by atoms with Gasteiger partial charge in [0.05, 0.1) is 6.21 Å². The highest BCUT2D eigenvalue weighted by molar-refractivity contribution is 5.86. The van der Waals surface area contributed by atoms with Crippen LogP contribution in [0.25, 0.3) is 5.65 Å². The molecule has 2 heterocycles. The molecule has 0 aliphatic heterocycles. The molecule has 106 valence electrons. The lowest BCUT2D eigenvalue weighted by molar-refractivity contribution is 0.322. The van der Waals surface area contributed by atoms with Crippen molar-refractivity contribution in [2.45, 2.75) is 20.8 Å². The molecule has 0 fully saturated rings. The largest absolute Gasteiger partial charge is 0.411 e. The number of hydrogen-bond donors (Lipinski definition) is 1. The minimum atomic E-state index is -0.238. The molecule has 0 aliphatic carbocycles. The third-order valence-corrected chi connectivity index (χ3v) is 3.31. The molecule has 0 bridgehead atoms. The first-order chi connectivity index (χ1) is 9.63. The predicted octanol–water partition coefficient (Wildman–Crippen LogP) is 1.66. The summed E-state index contributed by atoms with van der Waals surface area (Å²) in [6, 6.07) is 3.70. The van der Waals surface area contributed by atoms with Crippen molar-refractivity contribution < 1.29 is 5.21 Å². The van der Waals surface area contributed by atoms with Gasteiger partial charge in [0.25, 0.3) is 5.56 Å². The molecule has 0 unspecified atom stereocenters. The monoisotopic (exact) mass is 274 g/mol. The van der Waals surface area contributed by atoms with Crippen LogP contribution in [0.5, 0.6) is 0 Å². The van der Waals surface area contributed by atoms with Gasteiger partial charge in [0.2, 0.25) is 0 Å². The Morgan fingerprint density at radius 2 is 2.15 bits per heavy atom. The van der Waals surface area contributed by atoms with Crippen LogP contribution in [0.3, 0.4) is 0 Å². The van der Waals surface area contributed by atoms with Gasteiger partial charge < -0.3 is 10.1 Å². The van der Waals surface area contributed by atoms with Crippen LogP contribution in [0.15, 0.2) is 28.3 Å². The number of oxime groups is 1.